The van der Waals surface area contributed by atoms with Gasteiger partial charge < -0.3 is 9.64 Å². The average molecular weight is 271 g/mol. The van der Waals surface area contributed by atoms with Gasteiger partial charge in [0.1, 0.15) is 0 Å². The number of anilines is 1. The summed E-state index contributed by atoms with van der Waals surface area (Å²) in [6.45, 7) is 1.77. The van der Waals surface area contributed by atoms with Gasteiger partial charge >= 0.3 is 0 Å². The van der Waals surface area contributed by atoms with Crippen LogP contribution < -0.4 is 4.90 Å². The number of aromatic nitrogens is 2. The first-order chi connectivity index (χ1) is 9.83. The highest BCUT2D eigenvalue weighted by Gasteiger charge is 2.27. The number of hydrogen-bond donors (Lipinski definition) is 1. The molecule has 0 amide bonds. The summed E-state index contributed by atoms with van der Waals surface area (Å²) in [5.41, 5.74) is 3.73. The zero-order chi connectivity index (χ0) is 13.5. The van der Waals surface area contributed by atoms with Crippen LogP contribution in [0, 0.1) is 0 Å². The van der Waals surface area contributed by atoms with Crippen LogP contribution in [0.1, 0.15) is 37.3 Å². The summed E-state index contributed by atoms with van der Waals surface area (Å²) < 4.78 is 5.46. The number of rotatable bonds is 3. The maximum atomic E-state index is 5.46. The van der Waals surface area contributed by atoms with Crippen LogP contribution in [-0.4, -0.2) is 36.5 Å². The summed E-state index contributed by atoms with van der Waals surface area (Å²) in [4.78, 5) is 2.41. The zero-order valence-electron chi connectivity index (χ0n) is 11.9. The predicted octanol–water partition coefficient (Wildman–Crippen LogP) is 3.06. The number of nitrogens with one attached hydrogen (secondary N) is 1. The van der Waals surface area contributed by atoms with Gasteiger partial charge in [-0.05, 0) is 43.9 Å². The molecule has 1 aliphatic carbocycles. The number of fused-ring (bicyclic) bond motifs is 1. The van der Waals surface area contributed by atoms with Gasteiger partial charge in [-0.25, -0.2) is 0 Å². The number of benzene rings is 1. The van der Waals surface area contributed by atoms with Crippen LogP contribution in [0.15, 0.2) is 18.2 Å². The molecule has 1 saturated heterocycles. The molecule has 0 bridgehead atoms. The molecular weight excluding hydrogens is 250 g/mol. The monoisotopic (exact) mass is 271 g/mol. The van der Waals surface area contributed by atoms with Gasteiger partial charge in [0, 0.05) is 49.0 Å². The fraction of sp³-hybridized carbons (Fsp3) is 0.562. The topological polar surface area (TPSA) is 41.2 Å². The van der Waals surface area contributed by atoms with E-state index in [4.69, 9.17) is 4.74 Å². The van der Waals surface area contributed by atoms with E-state index in [9.17, 15) is 0 Å². The van der Waals surface area contributed by atoms with Crippen molar-refractivity contribution in [2.75, 3.05) is 25.2 Å². The molecule has 2 fully saturated rings. The summed E-state index contributed by atoms with van der Waals surface area (Å²) in [5.74, 6) is 0.712. The van der Waals surface area contributed by atoms with Crippen LogP contribution in [0.3, 0.4) is 0 Å². The van der Waals surface area contributed by atoms with Crippen molar-refractivity contribution in [2.45, 2.75) is 37.6 Å². The largest absolute Gasteiger partial charge is 0.381 e. The van der Waals surface area contributed by atoms with Crippen molar-refractivity contribution >= 4 is 16.6 Å². The molecule has 0 spiro atoms. The second-order valence-corrected chi connectivity index (χ2v) is 6.07. The van der Waals surface area contributed by atoms with Crippen LogP contribution in [0.2, 0.25) is 0 Å². The second kappa shape index (κ2) is 4.77. The third-order valence-corrected chi connectivity index (χ3v) is 4.70. The summed E-state index contributed by atoms with van der Waals surface area (Å²) in [5, 5.41) is 8.97. The van der Waals surface area contributed by atoms with E-state index < -0.39 is 0 Å². The molecule has 1 aliphatic heterocycles. The Labute approximate surface area is 119 Å². The SMILES string of the molecule is CN(c1ccc2n[nH]c(C3CC3)c2c1)C1CCOCC1. The van der Waals surface area contributed by atoms with E-state index in [1.807, 2.05) is 0 Å². The lowest BCUT2D eigenvalue weighted by atomic mass is 10.1. The van der Waals surface area contributed by atoms with Crippen molar-refractivity contribution in [3.63, 3.8) is 0 Å². The first kappa shape index (κ1) is 12.2. The number of aromatic amines is 1. The number of nitrogens with zero attached hydrogens (tertiary/aromatic N) is 2. The Morgan fingerprint density at radius 1 is 1.20 bits per heavy atom. The second-order valence-electron chi connectivity index (χ2n) is 6.07. The van der Waals surface area contributed by atoms with E-state index in [0.29, 0.717) is 12.0 Å². The molecule has 2 aliphatic rings. The Balaban J connectivity index is 1.66. The minimum absolute atomic E-state index is 0.595. The van der Waals surface area contributed by atoms with Crippen molar-refractivity contribution in [2.24, 2.45) is 0 Å². The van der Waals surface area contributed by atoms with E-state index in [1.54, 1.807) is 0 Å². The molecule has 0 radical (unpaired) electrons. The summed E-state index contributed by atoms with van der Waals surface area (Å²) in [6.07, 6.45) is 4.85. The van der Waals surface area contributed by atoms with E-state index in [1.165, 1.54) is 29.6 Å². The van der Waals surface area contributed by atoms with E-state index in [2.05, 4.69) is 40.3 Å². The molecule has 1 saturated carbocycles. The highest BCUT2D eigenvalue weighted by molar-refractivity contribution is 5.85. The van der Waals surface area contributed by atoms with Crippen LogP contribution in [0.5, 0.6) is 0 Å². The molecule has 2 aromatic rings. The Morgan fingerprint density at radius 3 is 2.75 bits per heavy atom. The van der Waals surface area contributed by atoms with Crippen molar-refractivity contribution in [1.82, 2.24) is 10.2 Å². The Bertz CT molecular complexity index is 611. The zero-order valence-corrected chi connectivity index (χ0v) is 11.9. The average Bonchev–Trinajstić information content (AvgIpc) is 3.26. The third-order valence-electron chi connectivity index (χ3n) is 4.70. The molecule has 2 heterocycles. The van der Waals surface area contributed by atoms with Crippen molar-refractivity contribution in [1.29, 1.82) is 0 Å². The fourth-order valence-electron chi connectivity index (χ4n) is 3.20. The van der Waals surface area contributed by atoms with Gasteiger partial charge in [0.2, 0.25) is 0 Å². The predicted molar refractivity (Wildman–Crippen MR) is 80.3 cm³/mol. The molecule has 1 N–H and O–H groups in total. The number of H-pyrrole nitrogens is 1. The lowest BCUT2D eigenvalue weighted by Gasteiger charge is -2.33. The standard InChI is InChI=1S/C16H21N3O/c1-19(12-6-8-20-9-7-12)13-4-5-15-14(10-13)16(18-17-15)11-2-3-11/h4-5,10-12H,2-3,6-9H2,1H3,(H,17,18). The summed E-state index contributed by atoms with van der Waals surface area (Å²) in [6, 6.07) is 7.23. The molecule has 20 heavy (non-hydrogen) atoms. The lowest BCUT2D eigenvalue weighted by molar-refractivity contribution is 0.0855. The van der Waals surface area contributed by atoms with E-state index in [0.717, 1.165) is 31.6 Å². The van der Waals surface area contributed by atoms with Crippen LogP contribution in [-0.2, 0) is 4.74 Å². The summed E-state index contributed by atoms with van der Waals surface area (Å²) >= 11 is 0. The van der Waals surface area contributed by atoms with Gasteiger partial charge in [0.05, 0.1) is 5.52 Å². The lowest BCUT2D eigenvalue weighted by Crippen LogP contribution is -2.36. The highest BCUT2D eigenvalue weighted by atomic mass is 16.5. The Hall–Kier alpha value is -1.55. The van der Waals surface area contributed by atoms with Gasteiger partial charge in [0.25, 0.3) is 0 Å². The van der Waals surface area contributed by atoms with Gasteiger partial charge in [-0.2, -0.15) is 5.10 Å². The fourth-order valence-corrected chi connectivity index (χ4v) is 3.20. The van der Waals surface area contributed by atoms with Gasteiger partial charge in [0.15, 0.2) is 0 Å². The highest BCUT2D eigenvalue weighted by Crippen LogP contribution is 2.42. The molecule has 106 valence electrons. The van der Waals surface area contributed by atoms with Crippen LogP contribution >= 0.6 is 0 Å². The van der Waals surface area contributed by atoms with Crippen molar-refractivity contribution < 1.29 is 4.74 Å². The molecule has 1 aromatic heterocycles. The molecule has 4 heteroatoms. The number of ether oxygens (including phenoxy) is 1. The Morgan fingerprint density at radius 2 is 2.00 bits per heavy atom. The molecule has 4 rings (SSSR count). The number of hydrogen-bond acceptors (Lipinski definition) is 3. The normalized spacial score (nSPS) is 20.4. The van der Waals surface area contributed by atoms with Gasteiger partial charge in [-0.1, -0.05) is 0 Å². The van der Waals surface area contributed by atoms with E-state index >= 15 is 0 Å². The van der Waals surface area contributed by atoms with Crippen LogP contribution in [0.25, 0.3) is 10.9 Å². The smallest absolute Gasteiger partial charge is 0.0925 e. The van der Waals surface area contributed by atoms with E-state index in [-0.39, 0.29) is 0 Å². The first-order valence-corrected chi connectivity index (χ1v) is 7.61. The minimum atomic E-state index is 0.595. The van der Waals surface area contributed by atoms with Crippen molar-refractivity contribution in [3.8, 4) is 0 Å². The molecular formula is C16H21N3O. The molecule has 0 unspecified atom stereocenters. The Kier molecular flexibility index (Phi) is 2.91. The van der Waals surface area contributed by atoms with Gasteiger partial charge in [-0.3, -0.25) is 5.10 Å². The van der Waals surface area contributed by atoms with Gasteiger partial charge in [-0.15, -0.1) is 0 Å². The van der Waals surface area contributed by atoms with Crippen LogP contribution in [0.4, 0.5) is 5.69 Å². The van der Waals surface area contributed by atoms with Crippen molar-refractivity contribution in [3.05, 3.63) is 23.9 Å². The summed E-state index contributed by atoms with van der Waals surface area (Å²) in [7, 11) is 2.20. The minimum Gasteiger partial charge on any atom is -0.381 e. The maximum absolute atomic E-state index is 5.46. The molecule has 0 atom stereocenters. The first-order valence-electron chi connectivity index (χ1n) is 7.61. The third kappa shape index (κ3) is 2.08. The maximum Gasteiger partial charge on any atom is 0.0925 e. The molecule has 1 aromatic carbocycles. The quantitative estimate of drug-likeness (QED) is 0.932. The molecule has 4 nitrogen and oxygen atoms in total.